The molecule has 5 heteroatoms. The molecule has 0 aromatic rings. The molecule has 2 atom stereocenters. The summed E-state index contributed by atoms with van der Waals surface area (Å²) >= 11 is 0. The molecule has 12 heavy (non-hydrogen) atoms. The number of alkyl halides is 1. The fourth-order valence-electron chi connectivity index (χ4n) is 1.37. The Morgan fingerprint density at radius 2 is 2.50 bits per heavy atom. The second-order valence-corrected chi connectivity index (χ2v) is 2.82. The maximum atomic E-state index is 12.8. The third-order valence-electron chi connectivity index (χ3n) is 1.98. The van der Waals surface area contributed by atoms with E-state index in [-0.39, 0.29) is 25.4 Å². The lowest BCUT2D eigenvalue weighted by Crippen LogP contribution is -2.40. The number of amides is 1. The molecule has 0 spiro atoms. The zero-order valence-electron chi connectivity index (χ0n) is 6.66. The summed E-state index contributed by atoms with van der Waals surface area (Å²) in [6.45, 7) is -0.0346. The molecule has 1 saturated heterocycles. The summed E-state index contributed by atoms with van der Waals surface area (Å²) in [6, 6.07) is -0.393. The Labute approximate surface area is 70.0 Å². The molecule has 1 fully saturated rings. The summed E-state index contributed by atoms with van der Waals surface area (Å²) in [5.41, 5.74) is 5.13. The van der Waals surface area contributed by atoms with Crippen LogP contribution in [-0.4, -0.2) is 42.3 Å². The predicted molar refractivity (Wildman–Crippen MR) is 42.9 cm³/mol. The quantitative estimate of drug-likeness (QED) is 0.554. The van der Waals surface area contributed by atoms with Crippen LogP contribution < -0.4 is 5.73 Å². The van der Waals surface area contributed by atoms with Crippen LogP contribution >= 0.6 is 0 Å². The first kappa shape index (κ1) is 9.12. The van der Waals surface area contributed by atoms with Gasteiger partial charge in [0.15, 0.2) is 0 Å². The van der Waals surface area contributed by atoms with Gasteiger partial charge in [0.05, 0.1) is 19.1 Å². The Kier molecular flexibility index (Phi) is 2.75. The van der Waals surface area contributed by atoms with Crippen molar-refractivity contribution in [3.05, 3.63) is 0 Å². The fraction of sp³-hybridized carbons (Fsp3) is 0.714. The molecule has 0 bridgehead atoms. The van der Waals surface area contributed by atoms with Crippen LogP contribution in [0, 0.1) is 5.41 Å². The highest BCUT2D eigenvalue weighted by Crippen LogP contribution is 2.18. The van der Waals surface area contributed by atoms with Gasteiger partial charge in [0, 0.05) is 12.6 Å². The molecule has 4 nitrogen and oxygen atoms in total. The molecular formula is C7H12FN3O. The standard InChI is InChI=1S/C7H12FN3O/c8-5-1-6(2-9)11(4-5)7(12)3-10/h2,5-6,9H,1,3-4,10H2. The summed E-state index contributed by atoms with van der Waals surface area (Å²) in [4.78, 5) is 12.4. The van der Waals surface area contributed by atoms with Crippen molar-refractivity contribution >= 4 is 12.1 Å². The Bertz CT molecular complexity index is 197. The first-order chi connectivity index (χ1) is 5.69. The van der Waals surface area contributed by atoms with E-state index in [2.05, 4.69) is 0 Å². The number of carbonyl (C=O) groups is 1. The molecule has 2 unspecified atom stereocenters. The van der Waals surface area contributed by atoms with Gasteiger partial charge in [-0.3, -0.25) is 4.79 Å². The van der Waals surface area contributed by atoms with Crippen LogP contribution in [0.1, 0.15) is 6.42 Å². The van der Waals surface area contributed by atoms with Crippen LogP contribution in [-0.2, 0) is 4.79 Å². The van der Waals surface area contributed by atoms with Crippen LogP contribution in [0.2, 0.25) is 0 Å². The number of likely N-dealkylation sites (tertiary alicyclic amines) is 1. The fourth-order valence-corrected chi connectivity index (χ4v) is 1.37. The number of hydrogen-bond acceptors (Lipinski definition) is 3. The zero-order chi connectivity index (χ0) is 9.14. The topological polar surface area (TPSA) is 70.2 Å². The lowest BCUT2D eigenvalue weighted by Gasteiger charge is -2.19. The number of nitrogens with two attached hydrogens (primary N) is 1. The first-order valence-corrected chi connectivity index (χ1v) is 3.83. The number of carbonyl (C=O) groups excluding carboxylic acids is 1. The van der Waals surface area contributed by atoms with Gasteiger partial charge in [-0.05, 0) is 0 Å². The normalized spacial score (nSPS) is 29.0. The molecule has 1 aliphatic rings. The van der Waals surface area contributed by atoms with Gasteiger partial charge in [-0.25, -0.2) is 4.39 Å². The van der Waals surface area contributed by atoms with E-state index in [0.29, 0.717) is 0 Å². The highest BCUT2D eigenvalue weighted by atomic mass is 19.1. The SMILES string of the molecule is N=CC1CC(F)CN1C(=O)CN. The van der Waals surface area contributed by atoms with Gasteiger partial charge in [-0.1, -0.05) is 0 Å². The lowest BCUT2D eigenvalue weighted by atomic mass is 10.2. The van der Waals surface area contributed by atoms with Crippen LogP contribution in [0.25, 0.3) is 0 Å². The Hall–Kier alpha value is -0.970. The molecule has 0 saturated carbocycles. The predicted octanol–water partition coefficient (Wildman–Crippen LogP) is -0.466. The van der Waals surface area contributed by atoms with Crippen LogP contribution in [0.15, 0.2) is 0 Å². The maximum absolute atomic E-state index is 12.8. The summed E-state index contributed by atoms with van der Waals surface area (Å²) in [5, 5.41) is 6.96. The van der Waals surface area contributed by atoms with E-state index in [4.69, 9.17) is 11.1 Å². The van der Waals surface area contributed by atoms with Crippen molar-refractivity contribution in [3.8, 4) is 0 Å². The van der Waals surface area contributed by atoms with Crippen LogP contribution in [0.4, 0.5) is 4.39 Å². The van der Waals surface area contributed by atoms with Crippen molar-refractivity contribution in [1.82, 2.24) is 4.90 Å². The Morgan fingerprint density at radius 1 is 1.83 bits per heavy atom. The smallest absolute Gasteiger partial charge is 0.236 e. The molecule has 1 heterocycles. The summed E-state index contributed by atoms with van der Waals surface area (Å²) in [6.07, 6.45) is 0.314. The molecule has 1 amide bonds. The molecule has 68 valence electrons. The molecule has 0 aromatic carbocycles. The molecule has 3 N–H and O–H groups in total. The van der Waals surface area contributed by atoms with Crippen molar-refractivity contribution in [2.24, 2.45) is 5.73 Å². The van der Waals surface area contributed by atoms with Gasteiger partial charge < -0.3 is 16.0 Å². The monoisotopic (exact) mass is 173 g/mol. The number of rotatable bonds is 2. The van der Waals surface area contributed by atoms with Gasteiger partial charge in [0.2, 0.25) is 5.91 Å². The first-order valence-electron chi connectivity index (χ1n) is 3.83. The van der Waals surface area contributed by atoms with Gasteiger partial charge in [0.1, 0.15) is 6.17 Å². The zero-order valence-corrected chi connectivity index (χ0v) is 6.66. The van der Waals surface area contributed by atoms with E-state index in [1.54, 1.807) is 0 Å². The third-order valence-corrected chi connectivity index (χ3v) is 1.98. The van der Waals surface area contributed by atoms with Gasteiger partial charge in [-0.2, -0.15) is 0 Å². The summed E-state index contributed by atoms with van der Waals surface area (Å²) < 4.78 is 12.8. The van der Waals surface area contributed by atoms with E-state index >= 15 is 0 Å². The second-order valence-electron chi connectivity index (χ2n) is 2.82. The molecule has 0 radical (unpaired) electrons. The van der Waals surface area contributed by atoms with Crippen molar-refractivity contribution in [2.45, 2.75) is 18.6 Å². The highest BCUT2D eigenvalue weighted by molar-refractivity contribution is 5.82. The number of nitrogens with one attached hydrogen (secondary N) is 1. The molecule has 1 rings (SSSR count). The minimum atomic E-state index is -1.01. The van der Waals surface area contributed by atoms with E-state index in [1.165, 1.54) is 4.90 Å². The minimum Gasteiger partial charge on any atom is -0.331 e. The van der Waals surface area contributed by atoms with Crippen LogP contribution in [0.5, 0.6) is 0 Å². The van der Waals surface area contributed by atoms with E-state index in [0.717, 1.165) is 6.21 Å². The van der Waals surface area contributed by atoms with Gasteiger partial charge >= 0.3 is 0 Å². The van der Waals surface area contributed by atoms with Gasteiger partial charge in [0.25, 0.3) is 0 Å². The van der Waals surface area contributed by atoms with E-state index in [1.807, 2.05) is 0 Å². The van der Waals surface area contributed by atoms with Gasteiger partial charge in [-0.15, -0.1) is 0 Å². The van der Waals surface area contributed by atoms with E-state index < -0.39 is 12.2 Å². The number of nitrogens with zero attached hydrogens (tertiary/aromatic N) is 1. The second kappa shape index (κ2) is 3.62. The summed E-state index contributed by atoms with van der Waals surface area (Å²) in [7, 11) is 0. The number of hydrogen-bond donors (Lipinski definition) is 2. The molecule has 0 aliphatic carbocycles. The molecular weight excluding hydrogens is 161 g/mol. The highest BCUT2D eigenvalue weighted by Gasteiger charge is 2.33. The van der Waals surface area contributed by atoms with E-state index in [9.17, 15) is 9.18 Å². The Balaban J connectivity index is 2.63. The Morgan fingerprint density at radius 3 is 3.00 bits per heavy atom. The average molecular weight is 173 g/mol. The van der Waals surface area contributed by atoms with Crippen LogP contribution in [0.3, 0.4) is 0 Å². The largest absolute Gasteiger partial charge is 0.331 e. The maximum Gasteiger partial charge on any atom is 0.236 e. The molecule has 0 aromatic heterocycles. The average Bonchev–Trinajstić information content (AvgIpc) is 2.45. The van der Waals surface area contributed by atoms with Crippen molar-refractivity contribution in [1.29, 1.82) is 5.41 Å². The minimum absolute atomic E-state index is 0.0794. The third kappa shape index (κ3) is 1.61. The number of halogens is 1. The summed E-state index contributed by atoms with van der Waals surface area (Å²) in [5.74, 6) is -0.288. The molecule has 1 aliphatic heterocycles. The lowest BCUT2D eigenvalue weighted by molar-refractivity contribution is -0.129. The van der Waals surface area contributed by atoms with Crippen molar-refractivity contribution in [3.63, 3.8) is 0 Å². The van der Waals surface area contributed by atoms with Crippen molar-refractivity contribution in [2.75, 3.05) is 13.1 Å². The van der Waals surface area contributed by atoms with Crippen molar-refractivity contribution < 1.29 is 9.18 Å².